The largest absolute Gasteiger partial charge is 0.308 e. The SMILES string of the molecule is CC(C)[N+]12CC[N+](CC3=CC=CC3)(CC1)CC2. The van der Waals surface area contributed by atoms with E-state index in [2.05, 4.69) is 32.1 Å². The van der Waals surface area contributed by atoms with E-state index in [1.54, 1.807) is 5.57 Å². The highest BCUT2D eigenvalue weighted by molar-refractivity contribution is 5.23. The second-order valence-electron chi connectivity index (χ2n) is 6.61. The van der Waals surface area contributed by atoms with Crippen LogP contribution in [-0.4, -0.2) is 60.8 Å². The summed E-state index contributed by atoms with van der Waals surface area (Å²) in [7, 11) is 0. The van der Waals surface area contributed by atoms with Crippen LogP contribution in [-0.2, 0) is 0 Å². The van der Waals surface area contributed by atoms with Gasteiger partial charge in [-0.15, -0.1) is 0 Å². The minimum absolute atomic E-state index is 0.824. The Hall–Kier alpha value is -0.600. The van der Waals surface area contributed by atoms with Gasteiger partial charge < -0.3 is 8.97 Å². The van der Waals surface area contributed by atoms with Gasteiger partial charge in [0, 0.05) is 0 Å². The van der Waals surface area contributed by atoms with Crippen molar-refractivity contribution in [3.63, 3.8) is 0 Å². The number of fused-ring (bicyclic) bond motifs is 3. The van der Waals surface area contributed by atoms with Crippen molar-refractivity contribution in [1.29, 1.82) is 0 Å². The Labute approximate surface area is 105 Å². The molecule has 4 rings (SSSR count). The summed E-state index contributed by atoms with van der Waals surface area (Å²) in [6.45, 7) is 14.6. The highest BCUT2D eigenvalue weighted by Crippen LogP contribution is 2.31. The van der Waals surface area contributed by atoms with Gasteiger partial charge in [0.1, 0.15) is 45.8 Å². The summed E-state index contributed by atoms with van der Waals surface area (Å²) < 4.78 is 2.79. The van der Waals surface area contributed by atoms with Crippen molar-refractivity contribution in [2.75, 3.05) is 45.8 Å². The maximum absolute atomic E-state index is 2.41. The maximum atomic E-state index is 2.41. The number of hydrogen-bond acceptors (Lipinski definition) is 0. The van der Waals surface area contributed by atoms with Gasteiger partial charge in [0.15, 0.2) is 0 Å². The van der Waals surface area contributed by atoms with Crippen molar-refractivity contribution in [3.05, 3.63) is 23.8 Å². The molecule has 3 fully saturated rings. The Kier molecular flexibility index (Phi) is 2.68. The van der Waals surface area contributed by atoms with Gasteiger partial charge in [-0.25, -0.2) is 0 Å². The van der Waals surface area contributed by atoms with E-state index in [1.165, 1.54) is 61.2 Å². The van der Waals surface area contributed by atoms with Gasteiger partial charge in [0.05, 0.1) is 6.04 Å². The standard InChI is InChI=1S/C15H26N2/c1-14(2)17-10-7-16(8-11-17,9-12-17)13-15-5-3-4-6-15/h3-5,14H,6-13H2,1-2H3/q+2. The van der Waals surface area contributed by atoms with Crippen molar-refractivity contribution in [3.8, 4) is 0 Å². The lowest BCUT2D eigenvalue weighted by atomic mass is 10.0. The quantitative estimate of drug-likeness (QED) is 0.655. The van der Waals surface area contributed by atoms with Gasteiger partial charge in [0.2, 0.25) is 0 Å². The molecule has 2 heteroatoms. The van der Waals surface area contributed by atoms with Gasteiger partial charge in [-0.1, -0.05) is 18.2 Å². The van der Waals surface area contributed by atoms with Crippen LogP contribution < -0.4 is 0 Å². The molecule has 94 valence electrons. The van der Waals surface area contributed by atoms with E-state index in [1.807, 2.05) is 0 Å². The number of quaternary nitrogens is 2. The minimum Gasteiger partial charge on any atom is -0.308 e. The number of piperazine rings is 3. The summed E-state index contributed by atoms with van der Waals surface area (Å²) in [5.41, 5.74) is 1.66. The van der Waals surface area contributed by atoms with Crippen molar-refractivity contribution in [1.82, 2.24) is 0 Å². The van der Waals surface area contributed by atoms with Crippen molar-refractivity contribution >= 4 is 0 Å². The molecule has 3 aliphatic heterocycles. The van der Waals surface area contributed by atoms with E-state index in [0.717, 1.165) is 6.04 Å². The first-order chi connectivity index (χ1) is 8.14. The van der Waals surface area contributed by atoms with E-state index in [4.69, 9.17) is 0 Å². The number of rotatable bonds is 3. The smallest absolute Gasteiger partial charge is 0.129 e. The van der Waals surface area contributed by atoms with Gasteiger partial charge >= 0.3 is 0 Å². The highest BCUT2D eigenvalue weighted by Gasteiger charge is 2.50. The normalized spacial score (nSPS) is 40.1. The van der Waals surface area contributed by atoms with Crippen LogP contribution in [0.5, 0.6) is 0 Å². The lowest BCUT2D eigenvalue weighted by Crippen LogP contribution is -2.76. The van der Waals surface area contributed by atoms with Crippen LogP contribution in [0.3, 0.4) is 0 Å². The van der Waals surface area contributed by atoms with Crippen LogP contribution >= 0.6 is 0 Å². The average Bonchev–Trinajstić information content (AvgIpc) is 2.83. The van der Waals surface area contributed by atoms with Crippen LogP contribution in [0.4, 0.5) is 0 Å². The molecule has 0 N–H and O–H groups in total. The Morgan fingerprint density at radius 1 is 1.06 bits per heavy atom. The molecule has 0 saturated carbocycles. The zero-order valence-electron chi connectivity index (χ0n) is 11.4. The van der Waals surface area contributed by atoms with Gasteiger partial charge in [-0.2, -0.15) is 0 Å². The molecule has 17 heavy (non-hydrogen) atoms. The summed E-state index contributed by atoms with van der Waals surface area (Å²) in [6, 6.07) is 0.824. The second-order valence-corrected chi connectivity index (χ2v) is 6.61. The molecule has 3 heterocycles. The first-order valence-corrected chi connectivity index (χ1v) is 7.20. The Morgan fingerprint density at radius 2 is 1.71 bits per heavy atom. The Bertz CT molecular complexity index is 341. The van der Waals surface area contributed by atoms with E-state index >= 15 is 0 Å². The summed E-state index contributed by atoms with van der Waals surface area (Å²) in [5, 5.41) is 0. The molecule has 2 nitrogen and oxygen atoms in total. The molecule has 0 aromatic heterocycles. The highest BCUT2D eigenvalue weighted by atomic mass is 15.5. The molecule has 0 amide bonds. The zero-order valence-corrected chi connectivity index (χ0v) is 11.4. The zero-order chi connectivity index (χ0) is 11.9. The summed E-state index contributed by atoms with van der Waals surface area (Å²) >= 11 is 0. The predicted octanol–water partition coefficient (Wildman–Crippen LogP) is 1.94. The summed E-state index contributed by atoms with van der Waals surface area (Å²) in [6.07, 6.45) is 8.09. The average molecular weight is 234 g/mol. The van der Waals surface area contributed by atoms with E-state index in [9.17, 15) is 0 Å². The Morgan fingerprint density at radius 3 is 2.18 bits per heavy atom. The third-order valence-electron chi connectivity index (χ3n) is 5.54. The van der Waals surface area contributed by atoms with Crippen LogP contribution in [0.1, 0.15) is 20.3 Å². The summed E-state index contributed by atoms with van der Waals surface area (Å²) in [4.78, 5) is 0. The third-order valence-corrected chi connectivity index (χ3v) is 5.54. The molecule has 0 atom stereocenters. The van der Waals surface area contributed by atoms with Crippen LogP contribution in [0, 0.1) is 0 Å². The van der Waals surface area contributed by atoms with Crippen LogP contribution in [0.25, 0.3) is 0 Å². The number of hydrogen-bond donors (Lipinski definition) is 0. The molecular weight excluding hydrogens is 208 g/mol. The van der Waals surface area contributed by atoms with Gasteiger partial charge in [-0.05, 0) is 25.8 Å². The van der Waals surface area contributed by atoms with Crippen molar-refractivity contribution < 1.29 is 8.97 Å². The lowest BCUT2D eigenvalue weighted by molar-refractivity contribution is -1.09. The first kappa shape index (κ1) is 11.5. The molecule has 0 spiro atoms. The molecule has 0 radical (unpaired) electrons. The van der Waals surface area contributed by atoms with Crippen molar-refractivity contribution in [2.24, 2.45) is 0 Å². The number of nitrogens with zero attached hydrogens (tertiary/aromatic N) is 2. The second kappa shape index (κ2) is 3.96. The topological polar surface area (TPSA) is 0 Å². The van der Waals surface area contributed by atoms with Crippen LogP contribution in [0.2, 0.25) is 0 Å². The summed E-state index contributed by atoms with van der Waals surface area (Å²) in [5.74, 6) is 0. The molecule has 0 unspecified atom stereocenters. The molecular formula is C15H26N2+2. The monoisotopic (exact) mass is 234 g/mol. The van der Waals surface area contributed by atoms with E-state index in [-0.39, 0.29) is 0 Å². The van der Waals surface area contributed by atoms with E-state index in [0.29, 0.717) is 0 Å². The predicted molar refractivity (Wildman–Crippen MR) is 71.6 cm³/mol. The molecule has 2 bridgehead atoms. The van der Waals surface area contributed by atoms with Crippen LogP contribution in [0.15, 0.2) is 23.8 Å². The molecule has 0 aromatic carbocycles. The lowest BCUT2D eigenvalue weighted by Gasteiger charge is -2.57. The molecule has 1 aliphatic carbocycles. The van der Waals surface area contributed by atoms with Gasteiger partial charge in [0.25, 0.3) is 0 Å². The fraction of sp³-hybridized carbons (Fsp3) is 0.733. The minimum atomic E-state index is 0.824. The first-order valence-electron chi connectivity index (χ1n) is 7.20. The molecule has 0 aromatic rings. The third kappa shape index (κ3) is 1.88. The number of allylic oxidation sites excluding steroid dienone is 3. The molecule has 4 aliphatic rings. The fourth-order valence-electron chi connectivity index (χ4n) is 3.96. The fourth-order valence-corrected chi connectivity index (χ4v) is 3.96. The van der Waals surface area contributed by atoms with Crippen molar-refractivity contribution in [2.45, 2.75) is 26.3 Å². The Balaban J connectivity index is 1.69. The molecule has 3 saturated heterocycles. The van der Waals surface area contributed by atoms with Gasteiger partial charge in [-0.3, -0.25) is 0 Å². The van der Waals surface area contributed by atoms with E-state index < -0.39 is 0 Å². The maximum Gasteiger partial charge on any atom is 0.129 e.